The highest BCUT2D eigenvalue weighted by molar-refractivity contribution is 6.31. The van der Waals surface area contributed by atoms with E-state index in [0.717, 1.165) is 5.56 Å². The molecule has 0 spiro atoms. The summed E-state index contributed by atoms with van der Waals surface area (Å²) in [7, 11) is 1.54. The van der Waals surface area contributed by atoms with E-state index in [1.165, 1.54) is 6.07 Å². The van der Waals surface area contributed by atoms with Crippen LogP contribution >= 0.6 is 11.6 Å². The lowest BCUT2D eigenvalue weighted by Crippen LogP contribution is -2.02. The molecule has 0 unspecified atom stereocenters. The van der Waals surface area contributed by atoms with Crippen LogP contribution in [0.25, 0.3) is 0 Å². The van der Waals surface area contributed by atoms with Gasteiger partial charge in [-0.05, 0) is 29.8 Å². The van der Waals surface area contributed by atoms with E-state index in [2.05, 4.69) is 0 Å². The molecule has 0 saturated carbocycles. The second-order valence-corrected chi connectivity index (χ2v) is 4.59. The maximum absolute atomic E-state index is 13.6. The summed E-state index contributed by atoms with van der Waals surface area (Å²) in [4.78, 5) is 0. The van der Waals surface area contributed by atoms with E-state index in [0.29, 0.717) is 28.6 Å². The van der Waals surface area contributed by atoms with Crippen LogP contribution < -0.4 is 15.2 Å². The maximum atomic E-state index is 13.6. The number of ether oxygens (including phenoxy) is 2. The molecule has 0 amide bonds. The van der Waals surface area contributed by atoms with Crippen molar-refractivity contribution in [3.05, 3.63) is 58.4 Å². The number of halogens is 2. The Kier molecular flexibility index (Phi) is 4.82. The summed E-state index contributed by atoms with van der Waals surface area (Å²) in [6.45, 7) is 0.444. The Labute approximate surface area is 122 Å². The number of benzene rings is 2. The summed E-state index contributed by atoms with van der Waals surface area (Å²) in [5, 5.41) is 0.336. The Hall–Kier alpha value is -1.78. The van der Waals surface area contributed by atoms with Crippen LogP contribution in [0.1, 0.15) is 11.1 Å². The SMILES string of the molecule is COc1cc(CN)ccc1OCc1c(F)cccc1Cl. The van der Waals surface area contributed by atoms with E-state index < -0.39 is 5.82 Å². The van der Waals surface area contributed by atoms with E-state index in [1.54, 1.807) is 31.4 Å². The van der Waals surface area contributed by atoms with Gasteiger partial charge in [0, 0.05) is 12.1 Å². The summed E-state index contributed by atoms with van der Waals surface area (Å²) >= 11 is 5.95. The first kappa shape index (κ1) is 14.6. The van der Waals surface area contributed by atoms with Crippen molar-refractivity contribution >= 4 is 11.6 Å². The van der Waals surface area contributed by atoms with Gasteiger partial charge in [-0.1, -0.05) is 23.7 Å². The average Bonchev–Trinajstić information content (AvgIpc) is 2.46. The Morgan fingerprint density at radius 3 is 2.65 bits per heavy atom. The first-order chi connectivity index (χ1) is 9.65. The van der Waals surface area contributed by atoms with Crippen LogP contribution in [0.2, 0.25) is 5.02 Å². The third kappa shape index (κ3) is 3.21. The van der Waals surface area contributed by atoms with Gasteiger partial charge in [-0.25, -0.2) is 4.39 Å². The van der Waals surface area contributed by atoms with Crippen molar-refractivity contribution in [1.29, 1.82) is 0 Å². The minimum absolute atomic E-state index is 0.0316. The van der Waals surface area contributed by atoms with Gasteiger partial charge in [0.15, 0.2) is 11.5 Å². The molecule has 0 heterocycles. The normalized spacial score (nSPS) is 10.4. The molecule has 0 fully saturated rings. The van der Waals surface area contributed by atoms with Gasteiger partial charge in [0.2, 0.25) is 0 Å². The van der Waals surface area contributed by atoms with E-state index >= 15 is 0 Å². The number of methoxy groups -OCH3 is 1. The monoisotopic (exact) mass is 295 g/mol. The molecule has 0 atom stereocenters. The highest BCUT2D eigenvalue weighted by Crippen LogP contribution is 2.30. The van der Waals surface area contributed by atoms with Crippen LogP contribution in [0.5, 0.6) is 11.5 Å². The van der Waals surface area contributed by atoms with E-state index in [-0.39, 0.29) is 6.61 Å². The number of hydrogen-bond donors (Lipinski definition) is 1. The van der Waals surface area contributed by atoms with Crippen molar-refractivity contribution in [3.63, 3.8) is 0 Å². The standard InChI is InChI=1S/C15H15ClFNO2/c1-19-15-7-10(8-18)5-6-14(15)20-9-11-12(16)3-2-4-13(11)17/h2-7H,8-9,18H2,1H3. The summed E-state index contributed by atoms with van der Waals surface area (Å²) in [5.41, 5.74) is 6.81. The fourth-order valence-corrected chi connectivity index (χ4v) is 2.00. The first-order valence-electron chi connectivity index (χ1n) is 6.08. The lowest BCUT2D eigenvalue weighted by molar-refractivity contribution is 0.279. The predicted molar refractivity (Wildman–Crippen MR) is 76.6 cm³/mol. The summed E-state index contributed by atoms with van der Waals surface area (Å²) in [5.74, 6) is 0.680. The van der Waals surface area contributed by atoms with Gasteiger partial charge in [-0.3, -0.25) is 0 Å². The van der Waals surface area contributed by atoms with Crippen molar-refractivity contribution in [2.75, 3.05) is 7.11 Å². The molecule has 0 radical (unpaired) electrons. The van der Waals surface area contributed by atoms with Gasteiger partial charge in [-0.2, -0.15) is 0 Å². The quantitative estimate of drug-likeness (QED) is 0.918. The molecule has 2 aromatic rings. The van der Waals surface area contributed by atoms with Crippen LogP contribution in [-0.2, 0) is 13.2 Å². The fraction of sp³-hybridized carbons (Fsp3) is 0.200. The highest BCUT2D eigenvalue weighted by Gasteiger charge is 2.10. The second kappa shape index (κ2) is 6.59. The topological polar surface area (TPSA) is 44.5 Å². The maximum Gasteiger partial charge on any atom is 0.161 e. The Bertz CT molecular complexity index is 584. The smallest absolute Gasteiger partial charge is 0.161 e. The lowest BCUT2D eigenvalue weighted by atomic mass is 10.2. The predicted octanol–water partition coefficient (Wildman–Crippen LogP) is 3.53. The minimum Gasteiger partial charge on any atom is -0.493 e. The molecule has 20 heavy (non-hydrogen) atoms. The lowest BCUT2D eigenvalue weighted by Gasteiger charge is -2.13. The van der Waals surface area contributed by atoms with Crippen LogP contribution in [0, 0.1) is 5.82 Å². The van der Waals surface area contributed by atoms with E-state index in [1.807, 2.05) is 6.07 Å². The third-order valence-electron chi connectivity index (χ3n) is 2.90. The van der Waals surface area contributed by atoms with Gasteiger partial charge >= 0.3 is 0 Å². The molecule has 0 aromatic heterocycles. The van der Waals surface area contributed by atoms with Crippen LogP contribution in [0.3, 0.4) is 0 Å². The molecule has 0 aliphatic heterocycles. The first-order valence-corrected chi connectivity index (χ1v) is 6.46. The minimum atomic E-state index is -0.393. The van der Waals surface area contributed by atoms with Gasteiger partial charge < -0.3 is 15.2 Å². The van der Waals surface area contributed by atoms with Crippen LogP contribution in [0.4, 0.5) is 4.39 Å². The zero-order valence-electron chi connectivity index (χ0n) is 11.0. The number of nitrogens with two attached hydrogens (primary N) is 1. The van der Waals surface area contributed by atoms with Gasteiger partial charge in [-0.15, -0.1) is 0 Å². The van der Waals surface area contributed by atoms with Crippen molar-refractivity contribution < 1.29 is 13.9 Å². The highest BCUT2D eigenvalue weighted by atomic mass is 35.5. The molecule has 2 aromatic carbocycles. The molecule has 2 N–H and O–H groups in total. The Morgan fingerprint density at radius 1 is 1.20 bits per heavy atom. The number of hydrogen-bond acceptors (Lipinski definition) is 3. The van der Waals surface area contributed by atoms with Crippen molar-refractivity contribution in [2.24, 2.45) is 5.73 Å². The summed E-state index contributed by atoms with van der Waals surface area (Å²) in [6, 6.07) is 9.89. The molecular weight excluding hydrogens is 281 g/mol. The zero-order chi connectivity index (χ0) is 14.5. The van der Waals surface area contributed by atoms with E-state index in [9.17, 15) is 4.39 Å². The largest absolute Gasteiger partial charge is 0.493 e. The van der Waals surface area contributed by atoms with Crippen molar-refractivity contribution in [2.45, 2.75) is 13.2 Å². The summed E-state index contributed by atoms with van der Waals surface area (Å²) in [6.07, 6.45) is 0. The Balaban J connectivity index is 2.19. The molecule has 5 heteroatoms. The molecule has 106 valence electrons. The summed E-state index contributed by atoms with van der Waals surface area (Å²) < 4.78 is 24.5. The third-order valence-corrected chi connectivity index (χ3v) is 3.25. The molecule has 3 nitrogen and oxygen atoms in total. The number of rotatable bonds is 5. The molecule has 2 rings (SSSR count). The van der Waals surface area contributed by atoms with E-state index in [4.69, 9.17) is 26.8 Å². The fourth-order valence-electron chi connectivity index (χ4n) is 1.78. The molecule has 0 aliphatic carbocycles. The van der Waals surface area contributed by atoms with Crippen LogP contribution in [0.15, 0.2) is 36.4 Å². The van der Waals surface area contributed by atoms with Crippen LogP contribution in [-0.4, -0.2) is 7.11 Å². The molecule has 0 bridgehead atoms. The van der Waals surface area contributed by atoms with Gasteiger partial charge in [0.25, 0.3) is 0 Å². The Morgan fingerprint density at radius 2 is 2.00 bits per heavy atom. The average molecular weight is 296 g/mol. The van der Waals surface area contributed by atoms with Gasteiger partial charge in [0.05, 0.1) is 12.1 Å². The van der Waals surface area contributed by atoms with Crippen molar-refractivity contribution in [3.8, 4) is 11.5 Å². The molecular formula is C15H15ClFNO2. The zero-order valence-corrected chi connectivity index (χ0v) is 11.8. The molecule has 0 aliphatic rings. The van der Waals surface area contributed by atoms with Gasteiger partial charge in [0.1, 0.15) is 12.4 Å². The van der Waals surface area contributed by atoms with Crippen molar-refractivity contribution in [1.82, 2.24) is 0 Å². The second-order valence-electron chi connectivity index (χ2n) is 4.18. The molecule has 0 saturated heterocycles.